The second-order valence-corrected chi connectivity index (χ2v) is 9.71. The summed E-state index contributed by atoms with van der Waals surface area (Å²) >= 11 is 0. The van der Waals surface area contributed by atoms with E-state index in [1.165, 1.54) is 24.8 Å². The molecule has 174 valence electrons. The molecule has 2 aliphatic carbocycles. The molecule has 3 aliphatic rings. The highest BCUT2D eigenvalue weighted by Gasteiger charge is 2.54. The van der Waals surface area contributed by atoms with Crippen LogP contribution in [0.3, 0.4) is 0 Å². The summed E-state index contributed by atoms with van der Waals surface area (Å²) in [6, 6.07) is 10.5. The van der Waals surface area contributed by atoms with Gasteiger partial charge < -0.3 is 26.2 Å². The normalized spacial score (nSPS) is 28.1. The van der Waals surface area contributed by atoms with E-state index in [9.17, 15) is 14.4 Å². The fourth-order valence-electron chi connectivity index (χ4n) is 5.64. The smallest absolute Gasteiger partial charge is 0.321 e. The Morgan fingerprint density at radius 2 is 1.81 bits per heavy atom. The molecule has 4 rings (SSSR count). The number of carbonyl (C=O) groups excluding carboxylic acids is 3. The number of primary amides is 1. The molecule has 8 nitrogen and oxygen atoms in total. The molecule has 1 aliphatic heterocycles. The zero-order valence-electron chi connectivity index (χ0n) is 18.9. The molecular weight excluding hydrogens is 406 g/mol. The zero-order valence-corrected chi connectivity index (χ0v) is 18.9. The molecule has 1 aromatic carbocycles. The summed E-state index contributed by atoms with van der Waals surface area (Å²) in [6.45, 7) is 1.08. The largest absolute Gasteiger partial charge is 0.368 e. The van der Waals surface area contributed by atoms with Crippen molar-refractivity contribution in [2.24, 2.45) is 11.7 Å². The Kier molecular flexibility index (Phi) is 6.42. The number of nitrogens with two attached hydrogens (primary N) is 1. The Hall–Kier alpha value is -2.61. The summed E-state index contributed by atoms with van der Waals surface area (Å²) in [5, 5.41) is 6.08. The molecular formula is C24H35N5O3. The van der Waals surface area contributed by atoms with E-state index in [4.69, 9.17) is 5.73 Å². The minimum atomic E-state index is -0.592. The minimum Gasteiger partial charge on any atom is -0.368 e. The van der Waals surface area contributed by atoms with Gasteiger partial charge in [0.25, 0.3) is 0 Å². The first-order valence-electron chi connectivity index (χ1n) is 11.7. The van der Waals surface area contributed by atoms with Crippen LogP contribution in [0, 0.1) is 5.92 Å². The third kappa shape index (κ3) is 4.33. The molecule has 1 saturated heterocycles. The Labute approximate surface area is 189 Å². The zero-order chi connectivity index (χ0) is 22.8. The van der Waals surface area contributed by atoms with Gasteiger partial charge in [0, 0.05) is 18.6 Å². The number of carbonyl (C=O) groups is 3. The van der Waals surface area contributed by atoms with Crippen molar-refractivity contribution in [1.82, 2.24) is 20.4 Å². The molecule has 2 saturated carbocycles. The topological polar surface area (TPSA) is 108 Å². The van der Waals surface area contributed by atoms with Gasteiger partial charge in [-0.15, -0.1) is 0 Å². The van der Waals surface area contributed by atoms with Gasteiger partial charge >= 0.3 is 6.03 Å². The van der Waals surface area contributed by atoms with Crippen LogP contribution in [0.15, 0.2) is 30.3 Å². The summed E-state index contributed by atoms with van der Waals surface area (Å²) in [7, 11) is 2.02. The van der Waals surface area contributed by atoms with Gasteiger partial charge in [0.05, 0.1) is 12.1 Å². The van der Waals surface area contributed by atoms with Crippen molar-refractivity contribution in [2.75, 3.05) is 33.2 Å². The van der Waals surface area contributed by atoms with Crippen molar-refractivity contribution in [3.8, 4) is 0 Å². The van der Waals surface area contributed by atoms with Crippen molar-refractivity contribution >= 4 is 17.8 Å². The average molecular weight is 442 g/mol. The van der Waals surface area contributed by atoms with Crippen LogP contribution < -0.4 is 16.4 Å². The highest BCUT2D eigenvalue weighted by molar-refractivity contribution is 5.88. The number of hydrogen-bond acceptors (Lipinski definition) is 4. The van der Waals surface area contributed by atoms with Crippen molar-refractivity contribution in [2.45, 2.75) is 56.0 Å². The molecule has 0 aromatic heterocycles. The lowest BCUT2D eigenvalue weighted by Crippen LogP contribution is -2.56. The fraction of sp³-hybridized carbons (Fsp3) is 0.625. The van der Waals surface area contributed by atoms with Crippen LogP contribution in [0.25, 0.3) is 0 Å². The summed E-state index contributed by atoms with van der Waals surface area (Å²) in [5.41, 5.74) is 6.07. The summed E-state index contributed by atoms with van der Waals surface area (Å²) in [6.07, 6.45) is 7.22. The van der Waals surface area contributed by atoms with Crippen LogP contribution in [0.1, 0.15) is 50.5 Å². The standard InChI is InChI=1S/C24H35N5O3/c1-26-24(19-8-3-2-4-9-19)12-10-23(11-13-24)17-28(16-21(31)27-14-20(25)30)22(32)29(23)15-18-6-5-7-18/h2-4,8-9,18,26H,5-7,10-17H2,1H3,(H2,25,30)(H,27,31). The van der Waals surface area contributed by atoms with E-state index in [1.54, 1.807) is 4.90 Å². The lowest BCUT2D eigenvalue weighted by Gasteiger charge is -2.49. The molecule has 0 radical (unpaired) electrons. The van der Waals surface area contributed by atoms with Crippen LogP contribution in [0.5, 0.6) is 0 Å². The molecule has 0 bridgehead atoms. The highest BCUT2D eigenvalue weighted by atomic mass is 16.2. The third-order valence-electron chi connectivity index (χ3n) is 7.86. The number of urea groups is 1. The molecule has 3 fully saturated rings. The van der Waals surface area contributed by atoms with Crippen LogP contribution >= 0.6 is 0 Å². The monoisotopic (exact) mass is 441 g/mol. The Morgan fingerprint density at radius 3 is 2.38 bits per heavy atom. The number of nitrogens with one attached hydrogen (secondary N) is 2. The molecule has 0 atom stereocenters. The van der Waals surface area contributed by atoms with E-state index in [1.807, 2.05) is 13.1 Å². The second kappa shape index (κ2) is 9.10. The average Bonchev–Trinajstić information content (AvgIpc) is 3.01. The maximum absolute atomic E-state index is 13.4. The van der Waals surface area contributed by atoms with Crippen molar-refractivity contribution in [1.29, 1.82) is 0 Å². The second-order valence-electron chi connectivity index (χ2n) is 9.71. The van der Waals surface area contributed by atoms with Crippen molar-refractivity contribution in [3.63, 3.8) is 0 Å². The van der Waals surface area contributed by atoms with Gasteiger partial charge in [0.1, 0.15) is 6.54 Å². The number of nitrogens with zero attached hydrogens (tertiary/aromatic N) is 2. The van der Waals surface area contributed by atoms with E-state index < -0.39 is 5.91 Å². The van der Waals surface area contributed by atoms with E-state index in [2.05, 4.69) is 39.8 Å². The SMILES string of the molecule is CNC1(c2ccccc2)CCC2(CC1)CN(CC(=O)NCC(N)=O)C(=O)N2CC1CCC1. The van der Waals surface area contributed by atoms with Gasteiger partial charge in [0.2, 0.25) is 11.8 Å². The fourth-order valence-corrected chi connectivity index (χ4v) is 5.64. The Morgan fingerprint density at radius 1 is 1.12 bits per heavy atom. The first kappa shape index (κ1) is 22.6. The van der Waals surface area contributed by atoms with E-state index in [0.29, 0.717) is 12.5 Å². The first-order valence-corrected chi connectivity index (χ1v) is 11.7. The lowest BCUT2D eigenvalue weighted by molar-refractivity contribution is -0.125. The van der Waals surface area contributed by atoms with Crippen LogP contribution in [-0.4, -0.2) is 66.4 Å². The Bertz CT molecular complexity index is 846. The van der Waals surface area contributed by atoms with Gasteiger partial charge in [-0.25, -0.2) is 4.79 Å². The maximum atomic E-state index is 13.4. The van der Waals surface area contributed by atoms with Gasteiger partial charge in [-0.05, 0) is 57.1 Å². The number of hydrogen-bond donors (Lipinski definition) is 3. The third-order valence-corrected chi connectivity index (χ3v) is 7.86. The number of benzene rings is 1. The molecule has 4 amide bonds. The van der Waals surface area contributed by atoms with Crippen LogP contribution in [-0.2, 0) is 15.1 Å². The number of amides is 4. The quantitative estimate of drug-likeness (QED) is 0.569. The molecule has 0 unspecified atom stereocenters. The summed E-state index contributed by atoms with van der Waals surface area (Å²) < 4.78 is 0. The lowest BCUT2D eigenvalue weighted by atomic mass is 9.68. The number of rotatable bonds is 8. The molecule has 1 spiro atoms. The van der Waals surface area contributed by atoms with E-state index in [0.717, 1.165) is 32.2 Å². The summed E-state index contributed by atoms with van der Waals surface area (Å²) in [4.78, 5) is 40.4. The Balaban J connectivity index is 1.50. The van der Waals surface area contributed by atoms with Gasteiger partial charge in [-0.3, -0.25) is 9.59 Å². The maximum Gasteiger partial charge on any atom is 0.321 e. The van der Waals surface area contributed by atoms with Crippen molar-refractivity contribution in [3.05, 3.63) is 35.9 Å². The highest BCUT2D eigenvalue weighted by Crippen LogP contribution is 2.47. The molecule has 32 heavy (non-hydrogen) atoms. The van der Waals surface area contributed by atoms with E-state index >= 15 is 0 Å². The predicted molar refractivity (Wildman–Crippen MR) is 122 cm³/mol. The van der Waals surface area contributed by atoms with Crippen LogP contribution in [0.2, 0.25) is 0 Å². The predicted octanol–water partition coefficient (Wildman–Crippen LogP) is 1.55. The molecule has 4 N–H and O–H groups in total. The van der Waals surface area contributed by atoms with Crippen molar-refractivity contribution < 1.29 is 14.4 Å². The first-order chi connectivity index (χ1) is 15.4. The molecule has 1 heterocycles. The molecule has 8 heteroatoms. The van der Waals surface area contributed by atoms with Gasteiger partial charge in [-0.2, -0.15) is 0 Å². The van der Waals surface area contributed by atoms with Gasteiger partial charge in [-0.1, -0.05) is 36.8 Å². The molecule has 1 aromatic rings. The minimum absolute atomic E-state index is 0.0368. The van der Waals surface area contributed by atoms with E-state index in [-0.39, 0.29) is 36.1 Å². The van der Waals surface area contributed by atoms with Crippen LogP contribution in [0.4, 0.5) is 4.79 Å². The van der Waals surface area contributed by atoms with Gasteiger partial charge in [0.15, 0.2) is 0 Å². The summed E-state index contributed by atoms with van der Waals surface area (Å²) in [5.74, 6) is -0.377.